The first-order chi connectivity index (χ1) is 13.1. The van der Waals surface area contributed by atoms with E-state index < -0.39 is 4.92 Å². The molecule has 2 aromatic carbocycles. The molecule has 6 nitrogen and oxygen atoms in total. The Kier molecular flexibility index (Phi) is 6.68. The topological polar surface area (TPSA) is 73.6 Å². The Hall–Kier alpha value is -2.12. The van der Waals surface area contributed by atoms with Crippen LogP contribution in [0.15, 0.2) is 40.9 Å². The molecule has 1 N–H and O–H groups in total. The van der Waals surface area contributed by atoms with Crippen molar-refractivity contribution in [1.82, 2.24) is 5.32 Å². The number of nitrogens with one attached hydrogen (secondary N) is 1. The highest BCUT2D eigenvalue weighted by Gasteiger charge is 2.19. The summed E-state index contributed by atoms with van der Waals surface area (Å²) in [6.07, 6.45) is 4.97. The molecule has 0 heterocycles. The van der Waals surface area contributed by atoms with Crippen molar-refractivity contribution in [3.05, 3.63) is 62.1 Å². The van der Waals surface area contributed by atoms with Gasteiger partial charge in [-0.1, -0.05) is 28.8 Å². The minimum atomic E-state index is -0.408. The Balaban J connectivity index is 1.75. The summed E-state index contributed by atoms with van der Waals surface area (Å²) in [5, 5.41) is 14.4. The lowest BCUT2D eigenvalue weighted by atomic mass is 10.1. The molecule has 1 aliphatic carbocycles. The van der Waals surface area contributed by atoms with E-state index in [1.54, 1.807) is 19.2 Å². The predicted octanol–water partition coefficient (Wildman–Crippen LogP) is 4.98. The number of rotatable bonds is 8. The standard InChI is InChI=1S/C20H23BrN2O4/c1-26-19-11-10-18(21)17(12-22-15-4-2-3-5-15)20(19)27-13-14-6-8-16(9-7-14)23(24)25/h6-11,15,22H,2-5,12-13H2,1H3. The lowest BCUT2D eigenvalue weighted by Crippen LogP contribution is -2.25. The zero-order valence-electron chi connectivity index (χ0n) is 15.2. The van der Waals surface area contributed by atoms with Gasteiger partial charge in [-0.2, -0.15) is 0 Å². The smallest absolute Gasteiger partial charge is 0.269 e. The van der Waals surface area contributed by atoms with Crippen molar-refractivity contribution in [2.24, 2.45) is 0 Å². The third kappa shape index (κ3) is 4.99. The Morgan fingerprint density at radius 2 is 1.89 bits per heavy atom. The summed E-state index contributed by atoms with van der Waals surface area (Å²) in [5.74, 6) is 1.36. The maximum absolute atomic E-state index is 10.8. The first-order valence-corrected chi connectivity index (χ1v) is 9.82. The van der Waals surface area contributed by atoms with Gasteiger partial charge in [0.05, 0.1) is 12.0 Å². The number of nitrogens with zero attached hydrogens (tertiary/aromatic N) is 1. The van der Waals surface area contributed by atoms with Crippen LogP contribution in [0, 0.1) is 10.1 Å². The number of nitro groups is 1. The number of halogens is 1. The lowest BCUT2D eigenvalue weighted by molar-refractivity contribution is -0.384. The van der Waals surface area contributed by atoms with E-state index in [4.69, 9.17) is 9.47 Å². The third-order valence-electron chi connectivity index (χ3n) is 4.84. The van der Waals surface area contributed by atoms with E-state index in [0.29, 0.717) is 30.7 Å². The fraction of sp³-hybridized carbons (Fsp3) is 0.400. The van der Waals surface area contributed by atoms with Crippen molar-refractivity contribution < 1.29 is 14.4 Å². The molecule has 1 fully saturated rings. The summed E-state index contributed by atoms with van der Waals surface area (Å²) in [6, 6.07) is 10.8. The van der Waals surface area contributed by atoms with E-state index in [-0.39, 0.29) is 5.69 Å². The normalized spacial score (nSPS) is 14.3. The first kappa shape index (κ1) is 19.6. The highest BCUT2D eigenvalue weighted by atomic mass is 79.9. The summed E-state index contributed by atoms with van der Waals surface area (Å²) in [4.78, 5) is 10.4. The molecule has 0 aromatic heterocycles. The molecule has 1 aliphatic rings. The maximum Gasteiger partial charge on any atom is 0.269 e. The maximum atomic E-state index is 10.8. The van der Waals surface area contributed by atoms with Crippen molar-refractivity contribution in [1.29, 1.82) is 0 Å². The Labute approximate surface area is 167 Å². The van der Waals surface area contributed by atoms with Gasteiger partial charge in [0.1, 0.15) is 6.61 Å². The fourth-order valence-corrected chi connectivity index (χ4v) is 3.76. The van der Waals surface area contributed by atoms with Crippen LogP contribution in [0.5, 0.6) is 11.5 Å². The fourth-order valence-electron chi connectivity index (χ4n) is 3.31. The molecule has 0 aliphatic heterocycles. The van der Waals surface area contributed by atoms with Gasteiger partial charge in [0, 0.05) is 34.8 Å². The second kappa shape index (κ2) is 9.19. The van der Waals surface area contributed by atoms with Gasteiger partial charge in [0.25, 0.3) is 5.69 Å². The average molecular weight is 435 g/mol. The molecule has 2 aromatic rings. The molecule has 0 bridgehead atoms. The monoisotopic (exact) mass is 434 g/mol. The van der Waals surface area contributed by atoms with Gasteiger partial charge in [0.2, 0.25) is 0 Å². The van der Waals surface area contributed by atoms with Crippen molar-refractivity contribution in [3.8, 4) is 11.5 Å². The first-order valence-electron chi connectivity index (χ1n) is 9.03. The Morgan fingerprint density at radius 3 is 2.52 bits per heavy atom. The van der Waals surface area contributed by atoms with Crippen molar-refractivity contribution in [3.63, 3.8) is 0 Å². The largest absolute Gasteiger partial charge is 0.493 e. The molecule has 0 atom stereocenters. The van der Waals surface area contributed by atoms with Crippen molar-refractivity contribution in [2.75, 3.05) is 7.11 Å². The number of methoxy groups -OCH3 is 1. The molecule has 0 amide bonds. The van der Waals surface area contributed by atoms with E-state index in [2.05, 4.69) is 21.2 Å². The SMILES string of the molecule is COc1ccc(Br)c(CNC2CCCC2)c1OCc1ccc([N+](=O)[O-])cc1. The summed E-state index contributed by atoms with van der Waals surface area (Å²) < 4.78 is 12.5. The van der Waals surface area contributed by atoms with Crippen molar-refractivity contribution in [2.45, 2.75) is 44.9 Å². The quantitative estimate of drug-likeness (QED) is 0.468. The van der Waals surface area contributed by atoms with E-state index in [1.807, 2.05) is 12.1 Å². The van der Waals surface area contributed by atoms with E-state index in [1.165, 1.54) is 37.8 Å². The number of non-ortho nitro benzene ring substituents is 1. The van der Waals surface area contributed by atoms with Gasteiger partial charge in [-0.05, 0) is 42.7 Å². The molecule has 0 spiro atoms. The Morgan fingerprint density at radius 1 is 1.19 bits per heavy atom. The molecule has 144 valence electrons. The summed E-state index contributed by atoms with van der Waals surface area (Å²) in [6.45, 7) is 0.999. The van der Waals surface area contributed by atoms with Crippen LogP contribution >= 0.6 is 15.9 Å². The number of ether oxygens (including phenoxy) is 2. The molecule has 0 radical (unpaired) electrons. The zero-order chi connectivity index (χ0) is 19.2. The van der Waals surface area contributed by atoms with Crippen LogP contribution in [0.1, 0.15) is 36.8 Å². The Bertz CT molecular complexity index is 789. The van der Waals surface area contributed by atoms with Crippen LogP contribution in [0.25, 0.3) is 0 Å². The van der Waals surface area contributed by atoms with Crippen LogP contribution in [0.4, 0.5) is 5.69 Å². The van der Waals surface area contributed by atoms with Gasteiger partial charge >= 0.3 is 0 Å². The number of benzene rings is 2. The van der Waals surface area contributed by atoms with Crippen LogP contribution in [-0.2, 0) is 13.2 Å². The molecular weight excluding hydrogens is 412 g/mol. The van der Waals surface area contributed by atoms with Crippen LogP contribution in [-0.4, -0.2) is 18.1 Å². The van der Waals surface area contributed by atoms with Crippen LogP contribution < -0.4 is 14.8 Å². The van der Waals surface area contributed by atoms with Gasteiger partial charge in [-0.3, -0.25) is 10.1 Å². The molecule has 0 saturated heterocycles. The van der Waals surface area contributed by atoms with E-state index >= 15 is 0 Å². The minimum absolute atomic E-state index is 0.0697. The minimum Gasteiger partial charge on any atom is -0.493 e. The van der Waals surface area contributed by atoms with E-state index in [0.717, 1.165) is 15.6 Å². The average Bonchev–Trinajstić information content (AvgIpc) is 3.19. The number of nitro benzene ring substituents is 1. The highest BCUT2D eigenvalue weighted by Crippen LogP contribution is 2.37. The molecular formula is C20H23BrN2O4. The lowest BCUT2D eigenvalue weighted by Gasteiger charge is -2.19. The van der Waals surface area contributed by atoms with Gasteiger partial charge in [-0.25, -0.2) is 0 Å². The van der Waals surface area contributed by atoms with Gasteiger partial charge < -0.3 is 14.8 Å². The van der Waals surface area contributed by atoms with E-state index in [9.17, 15) is 10.1 Å². The third-order valence-corrected chi connectivity index (χ3v) is 5.58. The van der Waals surface area contributed by atoms with Crippen molar-refractivity contribution >= 4 is 21.6 Å². The number of hydrogen-bond acceptors (Lipinski definition) is 5. The summed E-state index contributed by atoms with van der Waals surface area (Å²) in [5.41, 5.74) is 1.95. The molecule has 0 unspecified atom stereocenters. The van der Waals surface area contributed by atoms with Gasteiger partial charge in [-0.15, -0.1) is 0 Å². The molecule has 3 rings (SSSR count). The zero-order valence-corrected chi connectivity index (χ0v) is 16.8. The predicted molar refractivity (Wildman–Crippen MR) is 107 cm³/mol. The molecule has 27 heavy (non-hydrogen) atoms. The van der Waals surface area contributed by atoms with Gasteiger partial charge in [0.15, 0.2) is 11.5 Å². The summed E-state index contributed by atoms with van der Waals surface area (Å²) >= 11 is 3.62. The number of hydrogen-bond donors (Lipinski definition) is 1. The second-order valence-corrected chi connectivity index (χ2v) is 7.49. The molecule has 7 heteroatoms. The van der Waals surface area contributed by atoms with Crippen LogP contribution in [0.3, 0.4) is 0 Å². The van der Waals surface area contributed by atoms with Crippen LogP contribution in [0.2, 0.25) is 0 Å². The summed E-state index contributed by atoms with van der Waals surface area (Å²) in [7, 11) is 1.62. The second-order valence-electron chi connectivity index (χ2n) is 6.63. The molecule has 1 saturated carbocycles. The highest BCUT2D eigenvalue weighted by molar-refractivity contribution is 9.10.